The summed E-state index contributed by atoms with van der Waals surface area (Å²) in [6.07, 6.45) is -1.56. The number of carbonyl (C=O) groups excluding carboxylic acids is 1. The number of benzene rings is 3. The van der Waals surface area contributed by atoms with Crippen LogP contribution in [0.4, 0.5) is 0 Å². The zero-order valence-corrected chi connectivity index (χ0v) is 25.1. The average Bonchev–Trinajstić information content (AvgIpc) is 3.63. The van der Waals surface area contributed by atoms with Crippen molar-refractivity contribution in [3.63, 3.8) is 0 Å². The molecule has 2 fully saturated rings. The van der Waals surface area contributed by atoms with Gasteiger partial charge in [-0.1, -0.05) is 0 Å². The van der Waals surface area contributed by atoms with Gasteiger partial charge in [-0.2, -0.15) is 0 Å². The Morgan fingerprint density at radius 2 is 1.64 bits per heavy atom. The highest BCUT2D eigenvalue weighted by atomic mass is 16.7. The molecule has 1 aliphatic carbocycles. The third-order valence-corrected chi connectivity index (χ3v) is 9.00. The fourth-order valence-corrected chi connectivity index (χ4v) is 6.99. The van der Waals surface area contributed by atoms with Gasteiger partial charge in [-0.25, -0.2) is 4.79 Å². The number of nitrogens with zero attached hydrogens (tertiary/aromatic N) is 1. The zero-order valence-electron chi connectivity index (χ0n) is 25.1. The Morgan fingerprint density at radius 1 is 0.955 bits per heavy atom. The summed E-state index contributed by atoms with van der Waals surface area (Å²) in [5.74, 6) is 1.12. The smallest absolute Gasteiger partial charge is 0.339 e. The van der Waals surface area contributed by atoms with Crippen LogP contribution in [0.3, 0.4) is 0 Å². The lowest BCUT2D eigenvalue weighted by Crippen LogP contribution is -2.63. The predicted molar refractivity (Wildman–Crippen MR) is 156 cm³/mol. The molecule has 0 unspecified atom stereocenters. The Morgan fingerprint density at radius 3 is 2.30 bits per heavy atom. The van der Waals surface area contributed by atoms with Crippen LogP contribution >= 0.6 is 0 Å². The SMILES string of the molecule is COc1cc(-c2c3c(c(O[C@@H]4C[C@@H]5CO[C@@H](C)O[C@H]5[C@H](O)[C@H]4N(C)C)c4cc5c(cc24)OCO5)COC3=O)cc(OC)c1O. The summed E-state index contributed by atoms with van der Waals surface area (Å²) >= 11 is 0. The molecule has 0 aromatic heterocycles. The Kier molecular flexibility index (Phi) is 7.12. The average molecular weight is 610 g/mol. The Balaban J connectivity index is 1.43. The van der Waals surface area contributed by atoms with Gasteiger partial charge in [0.25, 0.3) is 0 Å². The highest BCUT2D eigenvalue weighted by molar-refractivity contribution is 6.14. The van der Waals surface area contributed by atoms with Crippen molar-refractivity contribution in [1.29, 1.82) is 0 Å². The molecule has 1 saturated heterocycles. The molecule has 2 N–H and O–H groups in total. The number of rotatable bonds is 6. The van der Waals surface area contributed by atoms with Crippen LogP contribution in [0.2, 0.25) is 0 Å². The number of phenolic OH excluding ortho intramolecular Hbond substituents is 1. The second-order valence-electron chi connectivity index (χ2n) is 11.7. The summed E-state index contributed by atoms with van der Waals surface area (Å²) in [5.41, 5.74) is 2.02. The molecule has 0 bridgehead atoms. The van der Waals surface area contributed by atoms with Crippen molar-refractivity contribution >= 4 is 16.7 Å². The highest BCUT2D eigenvalue weighted by Crippen LogP contribution is 2.51. The number of methoxy groups -OCH3 is 2. The lowest BCUT2D eigenvalue weighted by Gasteiger charge is -2.49. The first kappa shape index (κ1) is 28.8. The van der Waals surface area contributed by atoms with Gasteiger partial charge in [-0.15, -0.1) is 0 Å². The fraction of sp³-hybridized carbons (Fsp3) is 0.469. The van der Waals surface area contributed by atoms with Gasteiger partial charge < -0.3 is 53.0 Å². The molecule has 0 amide bonds. The maximum Gasteiger partial charge on any atom is 0.339 e. The number of aliphatic hydroxyl groups is 1. The molecule has 1 saturated carbocycles. The minimum Gasteiger partial charge on any atom is -0.502 e. The molecule has 7 rings (SSSR count). The molecule has 3 heterocycles. The number of esters is 1. The van der Waals surface area contributed by atoms with Crippen molar-refractivity contribution in [2.75, 3.05) is 41.7 Å². The standard InChI is InChI=1S/C32H35NO11/c1-14-39-11-16-8-22(27(33(2)3)29(35)30(16)43-14)44-31-18-10-21-20(41-13-42-21)9-17(18)25(26-19(31)12-40-32(26)36)15-6-23(37-4)28(34)24(7-15)38-5/h6-7,9-10,14,16,22,27,29-30,34-35H,8,11-13H2,1-5H3/t14-,16-,22-,27+,29-,30-/m1/s1. The van der Waals surface area contributed by atoms with Crippen LogP contribution in [-0.4, -0.2) is 93.4 Å². The van der Waals surface area contributed by atoms with Gasteiger partial charge in [0, 0.05) is 22.4 Å². The Hall–Kier alpha value is -3.97. The van der Waals surface area contributed by atoms with Crippen molar-refractivity contribution < 1.29 is 52.9 Å². The van der Waals surface area contributed by atoms with E-state index in [9.17, 15) is 15.0 Å². The summed E-state index contributed by atoms with van der Waals surface area (Å²) in [6, 6.07) is 6.54. The summed E-state index contributed by atoms with van der Waals surface area (Å²) in [4.78, 5) is 15.4. The van der Waals surface area contributed by atoms with E-state index in [1.165, 1.54) is 14.2 Å². The molecule has 12 nitrogen and oxygen atoms in total. The number of carbonyl (C=O) groups is 1. The lowest BCUT2D eigenvalue weighted by atomic mass is 9.78. The quantitative estimate of drug-likeness (QED) is 0.397. The summed E-state index contributed by atoms with van der Waals surface area (Å²) in [7, 11) is 6.68. The van der Waals surface area contributed by atoms with Gasteiger partial charge in [0.1, 0.15) is 18.5 Å². The van der Waals surface area contributed by atoms with Crippen LogP contribution in [0.25, 0.3) is 21.9 Å². The van der Waals surface area contributed by atoms with Crippen LogP contribution in [0.15, 0.2) is 24.3 Å². The second kappa shape index (κ2) is 10.9. The molecule has 234 valence electrons. The predicted octanol–water partition coefficient (Wildman–Crippen LogP) is 3.45. The maximum atomic E-state index is 13.5. The monoisotopic (exact) mass is 609 g/mol. The van der Waals surface area contributed by atoms with Gasteiger partial charge in [-0.3, -0.25) is 0 Å². The first-order chi connectivity index (χ1) is 21.2. The Labute approximate surface area is 253 Å². The molecule has 6 atom stereocenters. The van der Waals surface area contributed by atoms with Gasteiger partial charge in [-0.05, 0) is 62.7 Å². The number of aliphatic hydroxyl groups excluding tert-OH is 1. The molecular formula is C32H35NO11. The molecule has 12 heteroatoms. The molecule has 3 aliphatic heterocycles. The van der Waals surface area contributed by atoms with Gasteiger partial charge in [0.05, 0.1) is 44.6 Å². The summed E-state index contributed by atoms with van der Waals surface area (Å²) in [5, 5.41) is 23.5. The van der Waals surface area contributed by atoms with Gasteiger partial charge in [0.2, 0.25) is 12.5 Å². The largest absolute Gasteiger partial charge is 0.502 e. The normalized spacial score (nSPS) is 27.2. The van der Waals surface area contributed by atoms with Crippen molar-refractivity contribution in [2.45, 2.75) is 50.6 Å². The molecule has 0 radical (unpaired) electrons. The van der Waals surface area contributed by atoms with E-state index in [0.717, 1.165) is 0 Å². The zero-order chi connectivity index (χ0) is 30.9. The third-order valence-electron chi connectivity index (χ3n) is 9.00. The first-order valence-electron chi connectivity index (χ1n) is 14.5. The maximum absolute atomic E-state index is 13.5. The van der Waals surface area contributed by atoms with E-state index >= 15 is 0 Å². The topological polar surface area (TPSA) is 135 Å². The minimum atomic E-state index is -0.838. The van der Waals surface area contributed by atoms with Crippen LogP contribution in [0.1, 0.15) is 29.3 Å². The van der Waals surface area contributed by atoms with Crippen molar-refractivity contribution in [3.8, 4) is 45.6 Å². The van der Waals surface area contributed by atoms with Gasteiger partial charge >= 0.3 is 5.97 Å². The number of phenols is 1. The van der Waals surface area contributed by atoms with E-state index in [2.05, 4.69) is 0 Å². The molecule has 44 heavy (non-hydrogen) atoms. The highest BCUT2D eigenvalue weighted by Gasteiger charge is 2.50. The van der Waals surface area contributed by atoms with E-state index in [-0.39, 0.29) is 36.6 Å². The molecular weight excluding hydrogens is 574 g/mol. The van der Waals surface area contributed by atoms with Crippen LogP contribution in [0.5, 0.6) is 34.5 Å². The van der Waals surface area contributed by atoms with Crippen molar-refractivity contribution in [1.82, 2.24) is 4.90 Å². The molecule has 3 aromatic rings. The number of cyclic esters (lactones) is 1. The molecule has 4 aliphatic rings. The minimum absolute atomic E-state index is 0.00900. The number of likely N-dealkylation sites (N-methyl/N-ethyl adjacent to an activating group) is 1. The van der Waals surface area contributed by atoms with Crippen molar-refractivity contribution in [3.05, 3.63) is 35.4 Å². The van der Waals surface area contributed by atoms with Gasteiger partial charge in [0.15, 0.2) is 29.3 Å². The van der Waals surface area contributed by atoms with Crippen LogP contribution in [-0.2, 0) is 20.8 Å². The van der Waals surface area contributed by atoms with E-state index in [1.54, 1.807) is 12.1 Å². The second-order valence-corrected chi connectivity index (χ2v) is 11.7. The van der Waals surface area contributed by atoms with E-state index in [0.29, 0.717) is 63.3 Å². The van der Waals surface area contributed by atoms with E-state index in [4.69, 9.17) is 37.9 Å². The lowest BCUT2D eigenvalue weighted by molar-refractivity contribution is -0.273. The summed E-state index contributed by atoms with van der Waals surface area (Å²) in [6.45, 7) is 2.31. The number of fused-ring (bicyclic) bond motifs is 4. The fourth-order valence-electron chi connectivity index (χ4n) is 6.99. The number of aromatic hydroxyl groups is 1. The summed E-state index contributed by atoms with van der Waals surface area (Å²) < 4.78 is 46.7. The molecule has 3 aromatic carbocycles. The molecule has 0 spiro atoms. The number of hydrogen-bond donors (Lipinski definition) is 2. The number of hydrogen-bond acceptors (Lipinski definition) is 12. The Bertz CT molecular complexity index is 1610. The van der Waals surface area contributed by atoms with E-state index in [1.807, 2.05) is 38.1 Å². The van der Waals surface area contributed by atoms with E-state index < -0.39 is 36.6 Å². The van der Waals surface area contributed by atoms with Crippen LogP contribution in [0, 0.1) is 5.92 Å². The third kappa shape index (κ3) is 4.47. The number of ether oxygens (including phenoxy) is 8. The first-order valence-corrected chi connectivity index (χ1v) is 14.5. The van der Waals surface area contributed by atoms with Crippen molar-refractivity contribution in [2.24, 2.45) is 5.92 Å². The van der Waals surface area contributed by atoms with Crippen LogP contribution < -0.4 is 23.7 Å².